The van der Waals surface area contributed by atoms with Crippen LogP contribution in [0.5, 0.6) is 0 Å². The van der Waals surface area contributed by atoms with Crippen LogP contribution in [0.25, 0.3) is 0 Å². The molecule has 0 atom stereocenters. The molecule has 1 aliphatic heterocycles. The van der Waals surface area contributed by atoms with E-state index in [2.05, 4.69) is 4.90 Å². The fourth-order valence-corrected chi connectivity index (χ4v) is 1.35. The highest BCUT2D eigenvalue weighted by molar-refractivity contribution is 5.49. The molecule has 2 heteroatoms. The Morgan fingerprint density at radius 2 is 2.08 bits per heavy atom. The predicted octanol–water partition coefficient (Wildman–Crippen LogP) is 2.34. The molecule has 1 aliphatic rings. The van der Waals surface area contributed by atoms with Crippen LogP contribution in [0.3, 0.4) is 0 Å². The molecule has 12 heavy (non-hydrogen) atoms. The fourth-order valence-electron chi connectivity index (χ4n) is 1.35. The Labute approximate surface area is 71.8 Å². The van der Waals surface area contributed by atoms with Crippen LogP contribution in [0.15, 0.2) is 18.2 Å². The Morgan fingerprint density at radius 3 is 2.58 bits per heavy atom. The summed E-state index contributed by atoms with van der Waals surface area (Å²) in [6.07, 6.45) is 1.23. The van der Waals surface area contributed by atoms with Gasteiger partial charge in [0.1, 0.15) is 5.82 Å². The van der Waals surface area contributed by atoms with Gasteiger partial charge < -0.3 is 4.90 Å². The Balaban J connectivity index is 2.27. The smallest absolute Gasteiger partial charge is 0.128 e. The minimum absolute atomic E-state index is 0.0978. The third-order valence-corrected chi connectivity index (χ3v) is 2.38. The quantitative estimate of drug-likeness (QED) is 0.617. The first-order valence-electron chi connectivity index (χ1n) is 4.28. The maximum Gasteiger partial charge on any atom is 0.128 e. The van der Waals surface area contributed by atoms with Crippen LogP contribution in [0.2, 0.25) is 0 Å². The van der Waals surface area contributed by atoms with Crippen molar-refractivity contribution in [2.45, 2.75) is 13.3 Å². The minimum atomic E-state index is -0.0978. The molecule has 0 unspecified atom stereocenters. The van der Waals surface area contributed by atoms with Gasteiger partial charge in [0.25, 0.3) is 0 Å². The first kappa shape index (κ1) is 7.59. The van der Waals surface area contributed by atoms with Crippen molar-refractivity contribution in [3.05, 3.63) is 29.6 Å². The summed E-state index contributed by atoms with van der Waals surface area (Å²) in [5.74, 6) is -0.0978. The molecule has 0 amide bonds. The summed E-state index contributed by atoms with van der Waals surface area (Å²) in [7, 11) is 0. The Hall–Kier alpha value is -1.05. The SMILES string of the molecule is Cc1ccc(N2CCC2)cc1F. The predicted molar refractivity (Wildman–Crippen MR) is 48.0 cm³/mol. The lowest BCUT2D eigenvalue weighted by atomic mass is 10.1. The lowest BCUT2D eigenvalue weighted by Crippen LogP contribution is -2.36. The number of aryl methyl sites for hydroxylation is 1. The number of hydrogen-bond donors (Lipinski definition) is 0. The van der Waals surface area contributed by atoms with Crippen LogP contribution < -0.4 is 4.90 Å². The molecule has 64 valence electrons. The second-order valence-electron chi connectivity index (χ2n) is 3.27. The largest absolute Gasteiger partial charge is 0.371 e. The van der Waals surface area contributed by atoms with Gasteiger partial charge in [0.05, 0.1) is 0 Å². The number of benzene rings is 1. The van der Waals surface area contributed by atoms with Gasteiger partial charge in [-0.25, -0.2) is 4.39 Å². The number of hydrogen-bond acceptors (Lipinski definition) is 1. The zero-order valence-electron chi connectivity index (χ0n) is 7.18. The van der Waals surface area contributed by atoms with Crippen LogP contribution in [0.4, 0.5) is 10.1 Å². The zero-order valence-corrected chi connectivity index (χ0v) is 7.18. The van der Waals surface area contributed by atoms with E-state index in [-0.39, 0.29) is 5.82 Å². The van der Waals surface area contributed by atoms with Gasteiger partial charge in [-0.1, -0.05) is 6.07 Å². The first-order chi connectivity index (χ1) is 5.77. The van der Waals surface area contributed by atoms with Crippen molar-refractivity contribution in [3.8, 4) is 0 Å². The van der Waals surface area contributed by atoms with Crippen molar-refractivity contribution in [2.75, 3.05) is 18.0 Å². The number of halogens is 1. The summed E-state index contributed by atoms with van der Waals surface area (Å²) < 4.78 is 13.1. The van der Waals surface area contributed by atoms with Crippen molar-refractivity contribution in [2.24, 2.45) is 0 Å². The molecule has 0 aromatic heterocycles. The molecule has 1 heterocycles. The van der Waals surface area contributed by atoms with Crippen LogP contribution in [0, 0.1) is 12.7 Å². The Kier molecular flexibility index (Phi) is 1.75. The molecule has 1 saturated heterocycles. The molecule has 0 saturated carbocycles. The number of rotatable bonds is 1. The Bertz CT molecular complexity index is 292. The van der Waals surface area contributed by atoms with E-state index < -0.39 is 0 Å². The molecule has 2 rings (SSSR count). The standard InChI is InChI=1S/C10H12FN/c1-8-3-4-9(7-10(8)11)12-5-2-6-12/h3-4,7H,2,5-6H2,1H3. The third-order valence-electron chi connectivity index (χ3n) is 2.38. The molecule has 0 bridgehead atoms. The highest BCUT2D eigenvalue weighted by Gasteiger charge is 2.14. The second-order valence-corrected chi connectivity index (χ2v) is 3.27. The van der Waals surface area contributed by atoms with Gasteiger partial charge in [-0.15, -0.1) is 0 Å². The average Bonchev–Trinajstić information content (AvgIpc) is 1.93. The second kappa shape index (κ2) is 2.77. The molecule has 0 radical (unpaired) electrons. The number of anilines is 1. The maximum absolute atomic E-state index is 13.1. The van der Waals surface area contributed by atoms with Crippen molar-refractivity contribution >= 4 is 5.69 Å². The number of nitrogens with zero attached hydrogens (tertiary/aromatic N) is 1. The van der Waals surface area contributed by atoms with E-state index in [9.17, 15) is 4.39 Å². The van der Waals surface area contributed by atoms with E-state index in [0.29, 0.717) is 0 Å². The van der Waals surface area contributed by atoms with Crippen LogP contribution in [-0.2, 0) is 0 Å². The van der Waals surface area contributed by atoms with E-state index in [4.69, 9.17) is 0 Å². The van der Waals surface area contributed by atoms with Crippen molar-refractivity contribution < 1.29 is 4.39 Å². The lowest BCUT2D eigenvalue weighted by Gasteiger charge is -2.33. The normalized spacial score (nSPS) is 16.0. The monoisotopic (exact) mass is 165 g/mol. The van der Waals surface area contributed by atoms with Gasteiger partial charge in [-0.05, 0) is 31.0 Å². The molecule has 1 aromatic carbocycles. The highest BCUT2D eigenvalue weighted by Crippen LogP contribution is 2.22. The Morgan fingerprint density at radius 1 is 1.33 bits per heavy atom. The lowest BCUT2D eigenvalue weighted by molar-refractivity contribution is 0.599. The first-order valence-corrected chi connectivity index (χ1v) is 4.28. The van der Waals surface area contributed by atoms with Gasteiger partial charge in [0, 0.05) is 18.8 Å². The molecular weight excluding hydrogens is 153 g/mol. The fraction of sp³-hybridized carbons (Fsp3) is 0.400. The molecule has 1 nitrogen and oxygen atoms in total. The van der Waals surface area contributed by atoms with Crippen LogP contribution in [-0.4, -0.2) is 13.1 Å². The average molecular weight is 165 g/mol. The van der Waals surface area contributed by atoms with E-state index in [1.54, 1.807) is 13.0 Å². The van der Waals surface area contributed by atoms with E-state index in [1.807, 2.05) is 12.1 Å². The molecule has 1 aromatic rings. The van der Waals surface area contributed by atoms with E-state index in [0.717, 1.165) is 24.3 Å². The van der Waals surface area contributed by atoms with Gasteiger partial charge in [0.2, 0.25) is 0 Å². The van der Waals surface area contributed by atoms with Crippen molar-refractivity contribution in [3.63, 3.8) is 0 Å². The molecule has 0 spiro atoms. The molecule has 0 aliphatic carbocycles. The summed E-state index contributed by atoms with van der Waals surface area (Å²) in [6.45, 7) is 3.93. The molecule has 1 fully saturated rings. The summed E-state index contributed by atoms with van der Waals surface area (Å²) in [5.41, 5.74) is 1.74. The van der Waals surface area contributed by atoms with E-state index in [1.165, 1.54) is 6.42 Å². The van der Waals surface area contributed by atoms with Gasteiger partial charge in [0.15, 0.2) is 0 Å². The van der Waals surface area contributed by atoms with Crippen molar-refractivity contribution in [1.29, 1.82) is 0 Å². The topological polar surface area (TPSA) is 3.24 Å². The van der Waals surface area contributed by atoms with E-state index >= 15 is 0 Å². The van der Waals surface area contributed by atoms with Crippen LogP contribution in [0.1, 0.15) is 12.0 Å². The minimum Gasteiger partial charge on any atom is -0.371 e. The molecular formula is C10H12FN. The van der Waals surface area contributed by atoms with Gasteiger partial charge in [-0.3, -0.25) is 0 Å². The third kappa shape index (κ3) is 1.17. The summed E-state index contributed by atoms with van der Waals surface area (Å²) >= 11 is 0. The molecule has 0 N–H and O–H groups in total. The summed E-state index contributed by atoms with van der Waals surface area (Å²) in [4.78, 5) is 2.18. The highest BCUT2D eigenvalue weighted by atomic mass is 19.1. The summed E-state index contributed by atoms with van der Waals surface area (Å²) in [5, 5.41) is 0. The van der Waals surface area contributed by atoms with Crippen LogP contribution >= 0.6 is 0 Å². The summed E-state index contributed by atoms with van der Waals surface area (Å²) in [6, 6.07) is 5.44. The van der Waals surface area contributed by atoms with Crippen molar-refractivity contribution in [1.82, 2.24) is 0 Å². The van der Waals surface area contributed by atoms with Gasteiger partial charge >= 0.3 is 0 Å². The maximum atomic E-state index is 13.1. The van der Waals surface area contributed by atoms with Gasteiger partial charge in [-0.2, -0.15) is 0 Å². The zero-order chi connectivity index (χ0) is 8.55.